The molecule has 2 unspecified atom stereocenters. The summed E-state index contributed by atoms with van der Waals surface area (Å²) in [6.07, 6.45) is -0.711. The van der Waals surface area contributed by atoms with E-state index in [4.69, 9.17) is 5.11 Å². The van der Waals surface area contributed by atoms with Crippen LogP contribution < -0.4 is 5.32 Å². The zero-order valence-corrected chi connectivity index (χ0v) is 12.1. The molecule has 1 rings (SSSR count). The summed E-state index contributed by atoms with van der Waals surface area (Å²) < 4.78 is 2.03. The first-order chi connectivity index (χ1) is 7.54. The highest BCUT2D eigenvalue weighted by molar-refractivity contribution is 9.11. The zero-order chi connectivity index (χ0) is 12.1. The lowest BCUT2D eigenvalue weighted by atomic mass is 10.1. The Morgan fingerprint density at radius 1 is 1.38 bits per heavy atom. The van der Waals surface area contributed by atoms with Crippen LogP contribution in [0.15, 0.2) is 27.1 Å². The molecule has 3 nitrogen and oxygen atoms in total. The van der Waals surface area contributed by atoms with Gasteiger partial charge in [0.25, 0.3) is 0 Å². The molecule has 0 aliphatic rings. The molecular weight excluding hydrogens is 338 g/mol. The summed E-state index contributed by atoms with van der Waals surface area (Å²) in [6, 6.07) is 6.08. The fourth-order valence-corrected chi connectivity index (χ4v) is 2.73. The molecule has 0 amide bonds. The lowest BCUT2D eigenvalue weighted by Crippen LogP contribution is -2.31. The Kier molecular flexibility index (Phi) is 5.92. The molecule has 2 atom stereocenters. The van der Waals surface area contributed by atoms with Crippen molar-refractivity contribution in [3.63, 3.8) is 0 Å². The van der Waals surface area contributed by atoms with Crippen molar-refractivity contribution in [1.29, 1.82) is 0 Å². The van der Waals surface area contributed by atoms with E-state index in [9.17, 15) is 5.11 Å². The first-order valence-electron chi connectivity index (χ1n) is 5.02. The van der Waals surface area contributed by atoms with Crippen LogP contribution in [-0.2, 0) is 0 Å². The standard InChI is InChI=1S/C11H15Br2NO2/c1-7(14-5-9(16)6-15)10-3-2-8(12)4-11(10)13/h2-4,7,9,14-16H,5-6H2,1H3. The molecule has 1 aromatic rings. The van der Waals surface area contributed by atoms with Crippen LogP contribution in [0, 0.1) is 0 Å². The molecule has 1 aromatic carbocycles. The maximum absolute atomic E-state index is 9.24. The molecule has 0 aromatic heterocycles. The van der Waals surface area contributed by atoms with Crippen molar-refractivity contribution in [2.45, 2.75) is 19.1 Å². The monoisotopic (exact) mass is 351 g/mol. The molecule has 0 aliphatic carbocycles. The first-order valence-corrected chi connectivity index (χ1v) is 6.60. The number of benzene rings is 1. The quantitative estimate of drug-likeness (QED) is 0.761. The van der Waals surface area contributed by atoms with Crippen LogP contribution in [0.1, 0.15) is 18.5 Å². The largest absolute Gasteiger partial charge is 0.394 e. The van der Waals surface area contributed by atoms with Gasteiger partial charge in [-0.05, 0) is 24.6 Å². The second-order valence-corrected chi connectivity index (χ2v) is 5.40. The van der Waals surface area contributed by atoms with E-state index in [0.717, 1.165) is 14.5 Å². The predicted molar refractivity (Wildman–Crippen MR) is 71.4 cm³/mol. The molecule has 16 heavy (non-hydrogen) atoms. The van der Waals surface area contributed by atoms with Gasteiger partial charge in [-0.15, -0.1) is 0 Å². The van der Waals surface area contributed by atoms with Crippen LogP contribution in [0.5, 0.6) is 0 Å². The second kappa shape index (κ2) is 6.71. The SMILES string of the molecule is CC(NCC(O)CO)c1ccc(Br)cc1Br. The van der Waals surface area contributed by atoms with Crippen molar-refractivity contribution >= 4 is 31.9 Å². The van der Waals surface area contributed by atoms with Gasteiger partial charge in [0.1, 0.15) is 0 Å². The summed E-state index contributed by atoms with van der Waals surface area (Å²) in [5, 5.41) is 21.1. The number of aliphatic hydroxyl groups excluding tert-OH is 2. The van der Waals surface area contributed by atoms with Crippen LogP contribution in [0.25, 0.3) is 0 Å². The third kappa shape index (κ3) is 4.14. The van der Waals surface area contributed by atoms with E-state index in [-0.39, 0.29) is 12.6 Å². The van der Waals surface area contributed by atoms with E-state index < -0.39 is 6.10 Å². The molecule has 3 N–H and O–H groups in total. The summed E-state index contributed by atoms with van der Waals surface area (Å²) in [4.78, 5) is 0. The molecule has 0 saturated carbocycles. The summed E-state index contributed by atoms with van der Waals surface area (Å²) >= 11 is 6.89. The van der Waals surface area contributed by atoms with Gasteiger partial charge >= 0.3 is 0 Å². The molecule has 0 saturated heterocycles. The van der Waals surface area contributed by atoms with Crippen molar-refractivity contribution in [3.05, 3.63) is 32.7 Å². The topological polar surface area (TPSA) is 52.5 Å². The minimum absolute atomic E-state index is 0.115. The van der Waals surface area contributed by atoms with E-state index in [1.54, 1.807) is 0 Å². The fraction of sp³-hybridized carbons (Fsp3) is 0.455. The molecule has 0 aliphatic heterocycles. The number of rotatable bonds is 5. The Morgan fingerprint density at radius 3 is 2.62 bits per heavy atom. The average molecular weight is 353 g/mol. The minimum Gasteiger partial charge on any atom is -0.394 e. The van der Waals surface area contributed by atoms with Crippen molar-refractivity contribution in [3.8, 4) is 0 Å². The molecule has 0 bridgehead atoms. The smallest absolute Gasteiger partial charge is 0.0895 e. The van der Waals surface area contributed by atoms with Gasteiger partial charge in [-0.2, -0.15) is 0 Å². The van der Waals surface area contributed by atoms with Gasteiger partial charge in [0.15, 0.2) is 0 Å². The molecule has 90 valence electrons. The van der Waals surface area contributed by atoms with Crippen LogP contribution in [-0.4, -0.2) is 29.5 Å². The van der Waals surface area contributed by atoms with Gasteiger partial charge in [0, 0.05) is 21.5 Å². The molecule has 0 fully saturated rings. The average Bonchev–Trinajstić information content (AvgIpc) is 2.25. The summed E-state index contributed by atoms with van der Waals surface area (Å²) in [6.45, 7) is 2.17. The number of halogens is 2. The van der Waals surface area contributed by atoms with Crippen LogP contribution in [0.3, 0.4) is 0 Å². The van der Waals surface area contributed by atoms with E-state index in [1.165, 1.54) is 0 Å². The van der Waals surface area contributed by atoms with Crippen molar-refractivity contribution < 1.29 is 10.2 Å². The predicted octanol–water partition coefficient (Wildman–Crippen LogP) is 2.22. The Labute approximate surface area is 112 Å². The van der Waals surface area contributed by atoms with Crippen molar-refractivity contribution in [1.82, 2.24) is 5.32 Å². The van der Waals surface area contributed by atoms with Gasteiger partial charge in [-0.25, -0.2) is 0 Å². The van der Waals surface area contributed by atoms with Crippen LogP contribution >= 0.6 is 31.9 Å². The van der Waals surface area contributed by atoms with Crippen molar-refractivity contribution in [2.75, 3.05) is 13.2 Å². The zero-order valence-electron chi connectivity index (χ0n) is 8.95. The lowest BCUT2D eigenvalue weighted by Gasteiger charge is -2.17. The molecular formula is C11H15Br2NO2. The normalized spacial score (nSPS) is 14.8. The highest BCUT2D eigenvalue weighted by atomic mass is 79.9. The minimum atomic E-state index is -0.711. The fourth-order valence-electron chi connectivity index (χ4n) is 1.34. The highest BCUT2D eigenvalue weighted by Crippen LogP contribution is 2.26. The maximum Gasteiger partial charge on any atom is 0.0895 e. The second-order valence-electron chi connectivity index (χ2n) is 3.63. The Morgan fingerprint density at radius 2 is 2.06 bits per heavy atom. The third-order valence-electron chi connectivity index (χ3n) is 2.30. The van der Waals surface area contributed by atoms with Gasteiger partial charge in [0.2, 0.25) is 0 Å². The first kappa shape index (κ1) is 14.1. The summed E-state index contributed by atoms with van der Waals surface area (Å²) in [7, 11) is 0. The Balaban J connectivity index is 2.62. The molecule has 0 heterocycles. The van der Waals surface area contributed by atoms with E-state index in [1.807, 2.05) is 25.1 Å². The number of hydrogen-bond acceptors (Lipinski definition) is 3. The van der Waals surface area contributed by atoms with Gasteiger partial charge in [-0.3, -0.25) is 0 Å². The molecule has 0 spiro atoms. The van der Waals surface area contributed by atoms with Gasteiger partial charge in [0.05, 0.1) is 12.7 Å². The number of hydrogen-bond donors (Lipinski definition) is 3. The van der Waals surface area contributed by atoms with E-state index in [0.29, 0.717) is 6.54 Å². The number of nitrogens with one attached hydrogen (secondary N) is 1. The Bertz CT molecular complexity index is 347. The lowest BCUT2D eigenvalue weighted by molar-refractivity contribution is 0.0923. The third-order valence-corrected chi connectivity index (χ3v) is 3.48. The summed E-state index contributed by atoms with van der Waals surface area (Å²) in [5.41, 5.74) is 1.12. The Hall–Kier alpha value is 0.0600. The van der Waals surface area contributed by atoms with E-state index >= 15 is 0 Å². The molecule has 5 heteroatoms. The van der Waals surface area contributed by atoms with E-state index in [2.05, 4.69) is 37.2 Å². The van der Waals surface area contributed by atoms with Gasteiger partial charge < -0.3 is 15.5 Å². The summed E-state index contributed by atoms with van der Waals surface area (Å²) in [5.74, 6) is 0. The number of aliphatic hydroxyl groups is 2. The van der Waals surface area contributed by atoms with Crippen LogP contribution in [0.2, 0.25) is 0 Å². The maximum atomic E-state index is 9.24. The van der Waals surface area contributed by atoms with Crippen molar-refractivity contribution in [2.24, 2.45) is 0 Å². The van der Waals surface area contributed by atoms with Gasteiger partial charge in [-0.1, -0.05) is 37.9 Å². The highest BCUT2D eigenvalue weighted by Gasteiger charge is 2.10. The van der Waals surface area contributed by atoms with Crippen LogP contribution in [0.4, 0.5) is 0 Å². The molecule has 0 radical (unpaired) electrons.